The number of hydrogen-bond donors (Lipinski definition) is 1. The minimum atomic E-state index is -0.666. The number of nitrogens with one attached hydrogen (secondary N) is 1. The lowest BCUT2D eigenvalue weighted by atomic mass is 9.85. The SMILES string of the molecule is O=[N+]([O-])c1ccc(N/N=C2/CCCC[C@H]2c2ccccn2)c([N+](=O)[O-])c1. The van der Waals surface area contributed by atoms with Gasteiger partial charge in [0.05, 0.1) is 15.9 Å². The predicted molar refractivity (Wildman–Crippen MR) is 96.3 cm³/mol. The standard InChI is InChI=1S/C17H17N5O4/c23-21(24)12-8-9-16(17(11-12)22(25)26)20-19-15-7-2-1-5-13(15)14-6-3-4-10-18-14/h3-4,6,8-11,13,20H,1-2,5,7H2/b19-15-/t13-/m0/s1. The van der Waals surface area contributed by atoms with Crippen LogP contribution in [0.5, 0.6) is 0 Å². The predicted octanol–water partition coefficient (Wildman–Crippen LogP) is 4.02. The summed E-state index contributed by atoms with van der Waals surface area (Å²) in [6.07, 6.45) is 5.48. The summed E-state index contributed by atoms with van der Waals surface area (Å²) in [5.41, 5.74) is 3.93. The number of hydrazone groups is 1. The molecule has 1 aromatic heterocycles. The normalized spacial score (nSPS) is 18.5. The maximum absolute atomic E-state index is 11.2. The highest BCUT2D eigenvalue weighted by atomic mass is 16.6. The maximum atomic E-state index is 11.2. The van der Waals surface area contributed by atoms with E-state index in [-0.39, 0.29) is 23.0 Å². The summed E-state index contributed by atoms with van der Waals surface area (Å²) >= 11 is 0. The maximum Gasteiger partial charge on any atom is 0.301 e. The van der Waals surface area contributed by atoms with E-state index in [1.54, 1.807) is 6.20 Å². The molecule has 1 aliphatic carbocycles. The zero-order chi connectivity index (χ0) is 18.5. The van der Waals surface area contributed by atoms with Gasteiger partial charge in [-0.3, -0.25) is 30.6 Å². The number of benzene rings is 1. The topological polar surface area (TPSA) is 124 Å². The van der Waals surface area contributed by atoms with Crippen LogP contribution in [0.2, 0.25) is 0 Å². The Hall–Kier alpha value is -3.36. The van der Waals surface area contributed by atoms with E-state index < -0.39 is 9.85 Å². The van der Waals surface area contributed by atoms with Gasteiger partial charge in [-0.25, -0.2) is 0 Å². The van der Waals surface area contributed by atoms with E-state index in [0.717, 1.165) is 43.2 Å². The van der Waals surface area contributed by atoms with Gasteiger partial charge < -0.3 is 0 Å². The zero-order valence-electron chi connectivity index (χ0n) is 13.9. The molecule has 2 aromatic rings. The first-order valence-corrected chi connectivity index (χ1v) is 8.22. The fourth-order valence-electron chi connectivity index (χ4n) is 3.04. The average molecular weight is 355 g/mol. The van der Waals surface area contributed by atoms with Crippen LogP contribution in [-0.4, -0.2) is 20.5 Å². The van der Waals surface area contributed by atoms with Gasteiger partial charge in [-0.2, -0.15) is 5.10 Å². The Morgan fingerprint density at radius 3 is 2.65 bits per heavy atom. The molecule has 0 unspecified atom stereocenters. The van der Waals surface area contributed by atoms with Crippen molar-refractivity contribution in [3.8, 4) is 0 Å². The Morgan fingerprint density at radius 2 is 1.96 bits per heavy atom. The van der Waals surface area contributed by atoms with Crippen LogP contribution in [0.3, 0.4) is 0 Å². The Kier molecular flexibility index (Phi) is 5.16. The van der Waals surface area contributed by atoms with Gasteiger partial charge in [0, 0.05) is 29.6 Å². The zero-order valence-corrected chi connectivity index (χ0v) is 13.9. The van der Waals surface area contributed by atoms with E-state index in [2.05, 4.69) is 15.5 Å². The van der Waals surface area contributed by atoms with Crippen LogP contribution in [0.1, 0.15) is 37.3 Å². The molecule has 0 amide bonds. The first-order valence-electron chi connectivity index (χ1n) is 8.22. The minimum absolute atomic E-state index is 0.0644. The quantitative estimate of drug-likeness (QED) is 0.638. The van der Waals surface area contributed by atoms with Crippen LogP contribution in [0, 0.1) is 20.2 Å². The number of nitrogens with zero attached hydrogens (tertiary/aromatic N) is 4. The highest BCUT2D eigenvalue weighted by molar-refractivity contribution is 5.92. The molecule has 1 heterocycles. The van der Waals surface area contributed by atoms with Crippen molar-refractivity contribution in [1.82, 2.24) is 4.98 Å². The highest BCUT2D eigenvalue weighted by Gasteiger charge is 2.24. The summed E-state index contributed by atoms with van der Waals surface area (Å²) < 4.78 is 0. The largest absolute Gasteiger partial charge is 0.301 e. The third-order valence-electron chi connectivity index (χ3n) is 4.33. The van der Waals surface area contributed by atoms with Crippen LogP contribution in [0.4, 0.5) is 17.1 Å². The number of pyridine rings is 1. The number of aromatic nitrogens is 1. The van der Waals surface area contributed by atoms with E-state index in [4.69, 9.17) is 0 Å². The molecule has 1 fully saturated rings. The van der Waals surface area contributed by atoms with Gasteiger partial charge in [0.15, 0.2) is 0 Å². The van der Waals surface area contributed by atoms with Crippen molar-refractivity contribution >= 4 is 22.8 Å². The summed E-state index contributed by atoms with van der Waals surface area (Å²) in [4.78, 5) is 25.1. The number of nitro groups is 2. The lowest BCUT2D eigenvalue weighted by molar-refractivity contribution is -0.393. The minimum Gasteiger partial charge on any atom is -0.272 e. The van der Waals surface area contributed by atoms with Crippen LogP contribution in [-0.2, 0) is 0 Å². The Bertz CT molecular complexity index is 853. The molecule has 1 N–H and O–H groups in total. The van der Waals surface area contributed by atoms with Crippen molar-refractivity contribution in [3.05, 3.63) is 68.5 Å². The van der Waals surface area contributed by atoms with Crippen LogP contribution in [0.25, 0.3) is 0 Å². The van der Waals surface area contributed by atoms with Crippen molar-refractivity contribution < 1.29 is 9.85 Å². The molecule has 9 nitrogen and oxygen atoms in total. The first-order chi connectivity index (χ1) is 12.6. The highest BCUT2D eigenvalue weighted by Crippen LogP contribution is 2.32. The molecule has 1 atom stereocenters. The van der Waals surface area contributed by atoms with Gasteiger partial charge >= 0.3 is 5.69 Å². The first kappa shape index (κ1) is 17.5. The molecular weight excluding hydrogens is 338 g/mol. The molecule has 0 aliphatic heterocycles. The molecule has 1 saturated carbocycles. The van der Waals surface area contributed by atoms with Gasteiger partial charge in [-0.05, 0) is 37.5 Å². The van der Waals surface area contributed by atoms with Crippen molar-refractivity contribution in [2.75, 3.05) is 5.43 Å². The van der Waals surface area contributed by atoms with Gasteiger partial charge in [0.1, 0.15) is 5.69 Å². The van der Waals surface area contributed by atoms with Crippen LogP contribution in [0.15, 0.2) is 47.7 Å². The number of rotatable bonds is 5. The number of nitro benzene ring substituents is 2. The van der Waals surface area contributed by atoms with Crippen molar-refractivity contribution in [3.63, 3.8) is 0 Å². The molecule has 3 rings (SSSR count). The van der Waals surface area contributed by atoms with E-state index in [1.165, 1.54) is 12.1 Å². The molecule has 0 bridgehead atoms. The average Bonchev–Trinajstić information content (AvgIpc) is 2.67. The summed E-state index contributed by atoms with van der Waals surface area (Å²) in [5, 5.41) is 26.4. The lowest BCUT2D eigenvalue weighted by Crippen LogP contribution is -2.20. The number of anilines is 1. The summed E-state index contributed by atoms with van der Waals surface area (Å²) in [5.74, 6) is 0.0644. The molecule has 1 aromatic carbocycles. The van der Waals surface area contributed by atoms with E-state index in [9.17, 15) is 20.2 Å². The van der Waals surface area contributed by atoms with E-state index >= 15 is 0 Å². The molecule has 9 heteroatoms. The van der Waals surface area contributed by atoms with Crippen LogP contribution < -0.4 is 5.43 Å². The third-order valence-corrected chi connectivity index (χ3v) is 4.33. The monoisotopic (exact) mass is 355 g/mol. The molecule has 0 radical (unpaired) electrons. The smallest absolute Gasteiger partial charge is 0.272 e. The van der Waals surface area contributed by atoms with Crippen molar-refractivity contribution in [2.45, 2.75) is 31.6 Å². The molecule has 0 spiro atoms. The second-order valence-corrected chi connectivity index (χ2v) is 5.98. The Morgan fingerprint density at radius 1 is 1.12 bits per heavy atom. The lowest BCUT2D eigenvalue weighted by Gasteiger charge is -2.23. The van der Waals surface area contributed by atoms with Gasteiger partial charge in [-0.1, -0.05) is 12.5 Å². The van der Waals surface area contributed by atoms with Crippen LogP contribution >= 0.6 is 0 Å². The molecule has 26 heavy (non-hydrogen) atoms. The second-order valence-electron chi connectivity index (χ2n) is 5.98. The summed E-state index contributed by atoms with van der Waals surface area (Å²) in [7, 11) is 0. The van der Waals surface area contributed by atoms with E-state index in [1.807, 2.05) is 18.2 Å². The molecular formula is C17H17N5O4. The van der Waals surface area contributed by atoms with Crippen molar-refractivity contribution in [1.29, 1.82) is 0 Å². The fraction of sp³-hybridized carbons (Fsp3) is 0.294. The molecule has 0 saturated heterocycles. The van der Waals surface area contributed by atoms with Gasteiger partial charge in [0.2, 0.25) is 0 Å². The molecule has 134 valence electrons. The Balaban J connectivity index is 1.88. The number of non-ortho nitro benzene ring substituents is 1. The third kappa shape index (κ3) is 3.82. The Labute approximate surface area is 149 Å². The second kappa shape index (κ2) is 7.68. The fourth-order valence-corrected chi connectivity index (χ4v) is 3.04. The van der Waals surface area contributed by atoms with E-state index in [0.29, 0.717) is 0 Å². The van der Waals surface area contributed by atoms with Gasteiger partial charge in [-0.15, -0.1) is 0 Å². The van der Waals surface area contributed by atoms with Gasteiger partial charge in [0.25, 0.3) is 5.69 Å². The summed E-state index contributed by atoms with van der Waals surface area (Å²) in [6, 6.07) is 9.16. The van der Waals surface area contributed by atoms with Crippen molar-refractivity contribution in [2.24, 2.45) is 5.10 Å². The molecule has 1 aliphatic rings. The summed E-state index contributed by atoms with van der Waals surface area (Å²) in [6.45, 7) is 0. The number of hydrogen-bond acceptors (Lipinski definition) is 7.